The smallest absolute Gasteiger partial charge is 0.0753 e. The fourth-order valence-corrected chi connectivity index (χ4v) is 4.62. The van der Waals surface area contributed by atoms with E-state index in [0.29, 0.717) is 5.25 Å². The molecule has 0 saturated carbocycles. The van der Waals surface area contributed by atoms with E-state index in [4.69, 9.17) is 22.9 Å². The predicted octanol–water partition coefficient (Wildman–Crippen LogP) is 5.15. The van der Waals surface area contributed by atoms with Gasteiger partial charge in [0.05, 0.1) is 4.75 Å². The van der Waals surface area contributed by atoms with Crippen LogP contribution in [0.1, 0.15) is 13.0 Å². The molecule has 0 spiro atoms. The van der Waals surface area contributed by atoms with Crippen LogP contribution < -0.4 is 22.9 Å². The Morgan fingerprint density at radius 1 is 0.633 bits per heavy atom. The molecule has 1 heterocycles. The Morgan fingerprint density at radius 3 is 1.50 bits per heavy atom. The van der Waals surface area contributed by atoms with Gasteiger partial charge in [-0.25, -0.2) is 0 Å². The molecule has 0 bridgehead atoms. The van der Waals surface area contributed by atoms with E-state index < -0.39 is 0 Å². The van der Waals surface area contributed by atoms with Gasteiger partial charge in [0.25, 0.3) is 0 Å². The number of fused-ring (bicyclic) bond motifs is 1. The molecule has 1 aliphatic carbocycles. The first-order chi connectivity index (χ1) is 14.0. The van der Waals surface area contributed by atoms with Crippen molar-refractivity contribution in [2.75, 3.05) is 17.2 Å². The number of rotatable bonds is 2. The summed E-state index contributed by atoms with van der Waals surface area (Å²) in [5.41, 5.74) is 29.5. The van der Waals surface area contributed by atoms with Crippen molar-refractivity contribution in [3.63, 3.8) is 0 Å². The molecule has 1 aliphatic heterocycles. The molecule has 0 radical (unpaired) electrons. The van der Waals surface area contributed by atoms with Crippen LogP contribution in [0.15, 0.2) is 96.7 Å². The molecule has 8 N–H and O–H groups in total. The lowest BCUT2D eigenvalue weighted by Gasteiger charge is -2.13. The highest BCUT2D eigenvalue weighted by Crippen LogP contribution is 2.64. The summed E-state index contributed by atoms with van der Waals surface area (Å²) in [6.07, 6.45) is 6.32. The summed E-state index contributed by atoms with van der Waals surface area (Å²) in [6.45, 7) is 0. The standard InChI is InChI=1S/C12H12N2S.C12H12N2.CH4/c13-9-3-1-8(2-4-9)12-6-5-10(14)7-11(12)15-12;13-11-5-1-9(2-6-11)10-3-7-12(14)8-4-10;/h1-7,11H,13-14H2;1-8H,13-14H2;1H4. The summed E-state index contributed by atoms with van der Waals surface area (Å²) in [4.78, 5) is 0. The first-order valence-corrected chi connectivity index (χ1v) is 10.3. The van der Waals surface area contributed by atoms with E-state index in [0.717, 1.165) is 33.9 Å². The fourth-order valence-electron chi connectivity index (χ4n) is 3.34. The van der Waals surface area contributed by atoms with Crippen LogP contribution in [0.2, 0.25) is 0 Å². The van der Waals surface area contributed by atoms with Crippen molar-refractivity contribution in [1.82, 2.24) is 0 Å². The van der Waals surface area contributed by atoms with Gasteiger partial charge in [-0.3, -0.25) is 0 Å². The third kappa shape index (κ3) is 4.47. The second kappa shape index (κ2) is 8.59. The first-order valence-electron chi connectivity index (χ1n) is 9.38. The molecule has 4 nitrogen and oxygen atoms in total. The van der Waals surface area contributed by atoms with Crippen LogP contribution in [0.5, 0.6) is 0 Å². The third-order valence-electron chi connectivity index (χ3n) is 5.07. The van der Waals surface area contributed by atoms with Crippen LogP contribution in [-0.4, -0.2) is 5.25 Å². The minimum atomic E-state index is 0. The number of nitrogen functional groups attached to an aromatic ring is 3. The van der Waals surface area contributed by atoms with E-state index in [9.17, 15) is 0 Å². The zero-order valence-corrected chi connectivity index (χ0v) is 16.8. The van der Waals surface area contributed by atoms with Crippen LogP contribution in [0.4, 0.5) is 17.1 Å². The van der Waals surface area contributed by atoms with Crippen molar-refractivity contribution in [3.05, 3.63) is 102 Å². The van der Waals surface area contributed by atoms with E-state index in [-0.39, 0.29) is 12.2 Å². The zero-order valence-electron chi connectivity index (χ0n) is 16.0. The van der Waals surface area contributed by atoms with Gasteiger partial charge in [0.2, 0.25) is 0 Å². The second-order valence-corrected chi connectivity index (χ2v) is 8.62. The number of benzene rings is 3. The lowest BCUT2D eigenvalue weighted by Crippen LogP contribution is -2.13. The van der Waals surface area contributed by atoms with E-state index >= 15 is 0 Å². The van der Waals surface area contributed by atoms with Crippen molar-refractivity contribution in [3.8, 4) is 11.1 Å². The number of thioether (sulfide) groups is 1. The number of allylic oxidation sites excluding steroid dienone is 1. The summed E-state index contributed by atoms with van der Waals surface area (Å²) in [6, 6.07) is 23.7. The van der Waals surface area contributed by atoms with Gasteiger partial charge in [-0.15, -0.1) is 11.8 Å². The summed E-state index contributed by atoms with van der Waals surface area (Å²) in [7, 11) is 0. The van der Waals surface area contributed by atoms with Crippen LogP contribution in [0.25, 0.3) is 11.1 Å². The van der Waals surface area contributed by atoms with Gasteiger partial charge in [-0.2, -0.15) is 0 Å². The third-order valence-corrected chi connectivity index (χ3v) is 6.59. The minimum Gasteiger partial charge on any atom is -0.399 e. The van der Waals surface area contributed by atoms with Crippen LogP contribution in [0.3, 0.4) is 0 Å². The quantitative estimate of drug-likeness (QED) is 0.342. The molecule has 0 aromatic heterocycles. The average Bonchev–Trinajstić information content (AvgIpc) is 3.45. The lowest BCUT2D eigenvalue weighted by atomic mass is 9.92. The van der Waals surface area contributed by atoms with E-state index in [2.05, 4.69) is 24.3 Å². The first kappa shape index (κ1) is 21.4. The van der Waals surface area contributed by atoms with Crippen LogP contribution >= 0.6 is 11.8 Å². The van der Waals surface area contributed by atoms with E-state index in [1.165, 1.54) is 5.56 Å². The van der Waals surface area contributed by atoms with Gasteiger partial charge >= 0.3 is 0 Å². The molecule has 154 valence electrons. The Morgan fingerprint density at radius 2 is 1.07 bits per heavy atom. The molecule has 5 heteroatoms. The Bertz CT molecular complexity index is 1010. The lowest BCUT2D eigenvalue weighted by molar-refractivity contribution is 0.893. The van der Waals surface area contributed by atoms with Crippen molar-refractivity contribution in [2.45, 2.75) is 17.4 Å². The average molecular weight is 417 g/mol. The number of hydrogen-bond acceptors (Lipinski definition) is 5. The van der Waals surface area contributed by atoms with Crippen LogP contribution in [0, 0.1) is 0 Å². The molecule has 1 fully saturated rings. The maximum Gasteiger partial charge on any atom is 0.0753 e. The summed E-state index contributed by atoms with van der Waals surface area (Å²) < 4.78 is 0.135. The van der Waals surface area contributed by atoms with Gasteiger partial charge in [-0.05, 0) is 65.2 Å². The molecule has 2 unspecified atom stereocenters. The van der Waals surface area contributed by atoms with Crippen LogP contribution in [-0.2, 0) is 4.75 Å². The van der Waals surface area contributed by atoms with Gasteiger partial charge in [0.1, 0.15) is 0 Å². The molecule has 2 atom stereocenters. The molecule has 30 heavy (non-hydrogen) atoms. The normalized spacial score (nSPS) is 20.7. The molecular weight excluding hydrogens is 388 g/mol. The highest BCUT2D eigenvalue weighted by atomic mass is 32.2. The van der Waals surface area contributed by atoms with Gasteiger partial charge in [0, 0.05) is 28.0 Å². The molecule has 5 rings (SSSR count). The fraction of sp³-hybridized carbons (Fsp3) is 0.120. The molecular formula is C25H28N4S. The molecule has 2 aliphatic rings. The van der Waals surface area contributed by atoms with Gasteiger partial charge in [-0.1, -0.05) is 49.9 Å². The molecule has 3 aromatic carbocycles. The zero-order chi connectivity index (χ0) is 20.4. The Balaban J connectivity index is 0.000000166. The van der Waals surface area contributed by atoms with Crippen molar-refractivity contribution < 1.29 is 0 Å². The van der Waals surface area contributed by atoms with Gasteiger partial charge in [0.15, 0.2) is 0 Å². The molecule has 3 aromatic rings. The van der Waals surface area contributed by atoms with Gasteiger partial charge < -0.3 is 22.9 Å². The highest BCUT2D eigenvalue weighted by molar-refractivity contribution is 8.08. The van der Waals surface area contributed by atoms with E-state index in [1.807, 2.05) is 78.5 Å². The van der Waals surface area contributed by atoms with Crippen molar-refractivity contribution in [2.24, 2.45) is 5.73 Å². The number of hydrogen-bond donors (Lipinski definition) is 4. The number of anilines is 3. The highest BCUT2D eigenvalue weighted by Gasteiger charge is 2.54. The maximum absolute atomic E-state index is 5.75. The second-order valence-electron chi connectivity index (χ2n) is 7.20. The Kier molecular flexibility index (Phi) is 6.13. The predicted molar refractivity (Wildman–Crippen MR) is 133 cm³/mol. The Hall–Kier alpha value is -3.31. The SMILES string of the molecule is C.NC1=CC2SC2(c2ccc(N)cc2)C=C1.Nc1ccc(-c2ccc(N)cc2)cc1. The molecule has 1 saturated heterocycles. The summed E-state index contributed by atoms with van der Waals surface area (Å²) >= 11 is 1.93. The van der Waals surface area contributed by atoms with Crippen molar-refractivity contribution >= 4 is 28.8 Å². The topological polar surface area (TPSA) is 104 Å². The molecule has 0 amide bonds. The van der Waals surface area contributed by atoms with Crippen molar-refractivity contribution in [1.29, 1.82) is 0 Å². The maximum atomic E-state index is 5.75. The van der Waals surface area contributed by atoms with E-state index in [1.54, 1.807) is 0 Å². The monoisotopic (exact) mass is 416 g/mol. The Labute approximate surface area is 182 Å². The summed E-state index contributed by atoms with van der Waals surface area (Å²) in [5, 5.41) is 0.506. The largest absolute Gasteiger partial charge is 0.399 e. The summed E-state index contributed by atoms with van der Waals surface area (Å²) in [5.74, 6) is 0. The minimum absolute atomic E-state index is 0. The number of nitrogens with two attached hydrogens (primary N) is 4.